The highest BCUT2D eigenvalue weighted by atomic mass is 35.5. The van der Waals surface area contributed by atoms with Gasteiger partial charge in [0, 0.05) is 23.3 Å². The van der Waals surface area contributed by atoms with Gasteiger partial charge in [0.1, 0.15) is 11.8 Å². The lowest BCUT2D eigenvalue weighted by atomic mass is 10.2. The molecule has 0 aliphatic carbocycles. The molecule has 0 spiro atoms. The summed E-state index contributed by atoms with van der Waals surface area (Å²) in [7, 11) is 1.58. The summed E-state index contributed by atoms with van der Waals surface area (Å²) in [6.07, 6.45) is 1.53. The Morgan fingerprint density at radius 2 is 2.25 bits per heavy atom. The van der Waals surface area contributed by atoms with Gasteiger partial charge in [-0.2, -0.15) is 5.26 Å². The van der Waals surface area contributed by atoms with Crippen molar-refractivity contribution in [3.63, 3.8) is 0 Å². The van der Waals surface area contributed by atoms with Crippen molar-refractivity contribution >= 4 is 23.1 Å². The van der Waals surface area contributed by atoms with E-state index in [-0.39, 0.29) is 0 Å². The average molecular weight is 289 g/mol. The lowest BCUT2D eigenvalue weighted by Crippen LogP contribution is -2.07. The van der Waals surface area contributed by atoms with Crippen LogP contribution in [-0.4, -0.2) is 12.1 Å². The predicted molar refractivity (Wildman–Crippen MR) is 78.7 cm³/mol. The molecule has 102 valence electrons. The van der Waals surface area contributed by atoms with Crippen LogP contribution in [0.2, 0.25) is 5.02 Å². The molecule has 2 aromatic rings. The van der Waals surface area contributed by atoms with Crippen molar-refractivity contribution in [2.45, 2.75) is 6.54 Å². The molecule has 1 heterocycles. The Labute approximate surface area is 122 Å². The zero-order valence-electron chi connectivity index (χ0n) is 10.9. The highest BCUT2D eigenvalue weighted by molar-refractivity contribution is 6.31. The summed E-state index contributed by atoms with van der Waals surface area (Å²) in [5.41, 5.74) is 7.36. The maximum atomic E-state index is 8.93. The van der Waals surface area contributed by atoms with Crippen LogP contribution in [0.1, 0.15) is 11.1 Å². The summed E-state index contributed by atoms with van der Waals surface area (Å²) in [5, 5.41) is 12.6. The smallest absolute Gasteiger partial charge is 0.150 e. The van der Waals surface area contributed by atoms with Gasteiger partial charge in [-0.05, 0) is 18.2 Å². The highest BCUT2D eigenvalue weighted by Crippen LogP contribution is 2.28. The lowest BCUT2D eigenvalue weighted by molar-refractivity contribution is 0.410. The zero-order valence-corrected chi connectivity index (χ0v) is 11.6. The first-order valence-electron chi connectivity index (χ1n) is 5.87. The SMILES string of the molecule is COc1cccc(Cl)c1CNc1nccc(C#N)c1N. The van der Waals surface area contributed by atoms with Crippen molar-refractivity contribution in [3.05, 3.63) is 46.6 Å². The Morgan fingerprint density at radius 1 is 1.45 bits per heavy atom. The number of nitrogens with two attached hydrogens (primary N) is 1. The average Bonchev–Trinajstić information content (AvgIpc) is 2.47. The van der Waals surface area contributed by atoms with E-state index >= 15 is 0 Å². The van der Waals surface area contributed by atoms with Gasteiger partial charge in [-0.25, -0.2) is 4.98 Å². The second kappa shape index (κ2) is 6.13. The number of rotatable bonds is 4. The number of benzene rings is 1. The summed E-state index contributed by atoms with van der Waals surface area (Å²) in [6.45, 7) is 0.398. The topological polar surface area (TPSA) is 84.0 Å². The van der Waals surface area contributed by atoms with Crippen LogP contribution in [0, 0.1) is 11.3 Å². The summed E-state index contributed by atoms with van der Waals surface area (Å²) in [4.78, 5) is 4.12. The Morgan fingerprint density at radius 3 is 2.95 bits per heavy atom. The molecular weight excluding hydrogens is 276 g/mol. The first-order valence-corrected chi connectivity index (χ1v) is 6.25. The number of halogens is 1. The molecule has 6 heteroatoms. The van der Waals surface area contributed by atoms with Gasteiger partial charge < -0.3 is 15.8 Å². The maximum Gasteiger partial charge on any atom is 0.150 e. The molecule has 0 unspecified atom stereocenters. The number of nitrogens with one attached hydrogen (secondary N) is 1. The van der Waals surface area contributed by atoms with E-state index in [0.717, 1.165) is 5.56 Å². The van der Waals surface area contributed by atoms with Crippen molar-refractivity contribution in [1.29, 1.82) is 5.26 Å². The fraction of sp³-hybridized carbons (Fsp3) is 0.143. The molecule has 0 amide bonds. The largest absolute Gasteiger partial charge is 0.496 e. The number of hydrogen-bond acceptors (Lipinski definition) is 5. The Hall–Kier alpha value is -2.45. The molecule has 1 aromatic carbocycles. The Balaban J connectivity index is 2.24. The molecule has 0 radical (unpaired) electrons. The van der Waals surface area contributed by atoms with Gasteiger partial charge >= 0.3 is 0 Å². The number of aromatic nitrogens is 1. The minimum atomic E-state index is 0.320. The van der Waals surface area contributed by atoms with Gasteiger partial charge in [0.15, 0.2) is 5.82 Å². The monoisotopic (exact) mass is 288 g/mol. The van der Waals surface area contributed by atoms with E-state index in [1.54, 1.807) is 19.2 Å². The maximum absolute atomic E-state index is 8.93. The van der Waals surface area contributed by atoms with Crippen molar-refractivity contribution in [3.8, 4) is 11.8 Å². The number of anilines is 2. The van der Waals surface area contributed by atoms with Crippen LogP contribution in [0.3, 0.4) is 0 Å². The standard InChI is InChI=1S/C14H13ClN4O/c1-20-12-4-2-3-11(15)10(12)8-19-14-13(17)9(7-16)5-6-18-14/h2-6H,8,17H2,1H3,(H,18,19). The molecule has 5 nitrogen and oxygen atoms in total. The van der Waals surface area contributed by atoms with Crippen LogP contribution in [0.5, 0.6) is 5.75 Å². The first kappa shape index (κ1) is 14.0. The minimum absolute atomic E-state index is 0.320. The molecule has 0 bridgehead atoms. The summed E-state index contributed by atoms with van der Waals surface area (Å²) < 4.78 is 5.26. The van der Waals surface area contributed by atoms with E-state index in [1.807, 2.05) is 18.2 Å². The number of ether oxygens (including phenoxy) is 1. The first-order chi connectivity index (χ1) is 9.67. The van der Waals surface area contributed by atoms with Gasteiger partial charge in [0.25, 0.3) is 0 Å². The van der Waals surface area contributed by atoms with Gasteiger partial charge in [-0.15, -0.1) is 0 Å². The molecule has 0 saturated carbocycles. The summed E-state index contributed by atoms with van der Waals surface area (Å²) in [6, 6.07) is 9.00. The second-order valence-electron chi connectivity index (χ2n) is 4.01. The van der Waals surface area contributed by atoms with Gasteiger partial charge in [-0.3, -0.25) is 0 Å². The quantitative estimate of drug-likeness (QED) is 0.904. The van der Waals surface area contributed by atoms with E-state index in [4.69, 9.17) is 27.3 Å². The Bertz CT molecular complexity index is 667. The van der Waals surface area contributed by atoms with E-state index in [9.17, 15) is 0 Å². The van der Waals surface area contributed by atoms with E-state index in [1.165, 1.54) is 6.20 Å². The number of nitriles is 1. The molecule has 3 N–H and O–H groups in total. The van der Waals surface area contributed by atoms with Crippen LogP contribution in [-0.2, 0) is 6.54 Å². The fourth-order valence-corrected chi connectivity index (χ4v) is 2.02. The minimum Gasteiger partial charge on any atom is -0.496 e. The van der Waals surface area contributed by atoms with Crippen LogP contribution in [0.25, 0.3) is 0 Å². The molecule has 0 aliphatic heterocycles. The Kier molecular flexibility index (Phi) is 4.28. The molecule has 0 aliphatic rings. The predicted octanol–water partition coefficient (Wildman–Crippen LogP) is 2.81. The number of pyridine rings is 1. The number of nitrogens with zero attached hydrogens (tertiary/aromatic N) is 2. The zero-order chi connectivity index (χ0) is 14.5. The van der Waals surface area contributed by atoms with Crippen molar-refractivity contribution in [1.82, 2.24) is 4.98 Å². The normalized spacial score (nSPS) is 9.85. The number of methoxy groups -OCH3 is 1. The van der Waals surface area contributed by atoms with Crippen molar-refractivity contribution < 1.29 is 4.74 Å². The summed E-state index contributed by atoms with van der Waals surface area (Å²) >= 11 is 6.15. The van der Waals surface area contributed by atoms with E-state index in [0.29, 0.717) is 34.4 Å². The second-order valence-corrected chi connectivity index (χ2v) is 4.41. The molecule has 0 atom stereocenters. The molecule has 0 saturated heterocycles. The molecular formula is C14H13ClN4O. The van der Waals surface area contributed by atoms with Gasteiger partial charge in [0.2, 0.25) is 0 Å². The van der Waals surface area contributed by atoms with Gasteiger partial charge in [-0.1, -0.05) is 17.7 Å². The molecule has 1 aromatic heterocycles. The molecule has 2 rings (SSSR count). The van der Waals surface area contributed by atoms with Crippen molar-refractivity contribution in [2.75, 3.05) is 18.2 Å². The lowest BCUT2D eigenvalue weighted by Gasteiger charge is -2.13. The van der Waals surface area contributed by atoms with E-state index in [2.05, 4.69) is 10.3 Å². The van der Waals surface area contributed by atoms with E-state index < -0.39 is 0 Å². The number of hydrogen-bond donors (Lipinski definition) is 2. The third-order valence-electron chi connectivity index (χ3n) is 2.84. The number of nitrogen functional groups attached to an aromatic ring is 1. The van der Waals surface area contributed by atoms with Crippen LogP contribution < -0.4 is 15.8 Å². The van der Waals surface area contributed by atoms with Crippen LogP contribution in [0.15, 0.2) is 30.5 Å². The van der Waals surface area contributed by atoms with Gasteiger partial charge in [0.05, 0.1) is 18.4 Å². The molecule has 0 fully saturated rings. The van der Waals surface area contributed by atoms with Crippen LogP contribution >= 0.6 is 11.6 Å². The fourth-order valence-electron chi connectivity index (χ4n) is 1.79. The third kappa shape index (κ3) is 2.76. The molecule has 20 heavy (non-hydrogen) atoms. The van der Waals surface area contributed by atoms with Crippen LogP contribution in [0.4, 0.5) is 11.5 Å². The third-order valence-corrected chi connectivity index (χ3v) is 3.19. The summed E-state index contributed by atoms with van der Waals surface area (Å²) in [5.74, 6) is 1.13. The highest BCUT2D eigenvalue weighted by Gasteiger charge is 2.10. The van der Waals surface area contributed by atoms with Crippen molar-refractivity contribution in [2.24, 2.45) is 0 Å².